The van der Waals surface area contributed by atoms with Crippen molar-refractivity contribution in [2.24, 2.45) is 0 Å². The van der Waals surface area contributed by atoms with Crippen molar-refractivity contribution < 1.29 is 5.21 Å². The molecule has 0 amide bonds. The molecule has 0 aliphatic carbocycles. The first-order valence-corrected chi connectivity index (χ1v) is 10.3. The highest BCUT2D eigenvalue weighted by Crippen LogP contribution is 2.37. The van der Waals surface area contributed by atoms with Crippen molar-refractivity contribution in [3.05, 3.63) is 89.6 Å². The van der Waals surface area contributed by atoms with Gasteiger partial charge in [-0.15, -0.1) is 26.9 Å². The first-order chi connectivity index (χ1) is 14.3. The summed E-state index contributed by atoms with van der Waals surface area (Å²) in [6, 6.07) is 25.1. The number of benzene rings is 3. The lowest BCUT2D eigenvalue weighted by molar-refractivity contribution is 0.152. The number of aromatic nitrogens is 2. The van der Waals surface area contributed by atoms with Crippen LogP contribution in [-0.4, -0.2) is 28.2 Å². The maximum Gasteiger partial charge on any atom is 0.113 e. The third-order valence-corrected chi connectivity index (χ3v) is 5.96. The highest BCUT2D eigenvalue weighted by molar-refractivity contribution is 8.93. The highest BCUT2D eigenvalue weighted by atomic mass is 79.9. The average molecular weight is 464 g/mol. The Morgan fingerprint density at radius 2 is 1.60 bits per heavy atom. The SMILES string of the molecule is Br.On1nc(Cc2ccc3ccccc3c2)c(C2CCNCC2)c1-c1ccccc1. The van der Waals surface area contributed by atoms with Gasteiger partial charge in [-0.2, -0.15) is 0 Å². The molecule has 5 rings (SSSR count). The summed E-state index contributed by atoms with van der Waals surface area (Å²) >= 11 is 0. The molecule has 30 heavy (non-hydrogen) atoms. The predicted molar refractivity (Wildman–Crippen MR) is 127 cm³/mol. The number of nitrogens with zero attached hydrogens (tertiary/aromatic N) is 2. The molecule has 0 bridgehead atoms. The Hall–Kier alpha value is -2.63. The molecular formula is C25H26BrN3O. The molecule has 1 aromatic heterocycles. The average Bonchev–Trinajstić information content (AvgIpc) is 3.10. The zero-order chi connectivity index (χ0) is 19.6. The van der Waals surface area contributed by atoms with Crippen molar-refractivity contribution in [3.8, 4) is 11.3 Å². The van der Waals surface area contributed by atoms with E-state index in [2.05, 4.69) is 52.9 Å². The standard InChI is InChI=1S/C25H25N3O.BrH/c29-28-25(21-7-2-1-3-8-21)24(20-12-14-26-15-13-20)23(27-28)17-18-10-11-19-6-4-5-9-22(19)16-18;/h1-11,16,20,26,29H,12-15,17H2;1H. The van der Waals surface area contributed by atoms with E-state index in [1.165, 1.54) is 21.9 Å². The van der Waals surface area contributed by atoms with Crippen LogP contribution >= 0.6 is 17.0 Å². The second-order valence-electron chi connectivity index (χ2n) is 7.85. The summed E-state index contributed by atoms with van der Waals surface area (Å²) in [5.41, 5.74) is 5.26. The van der Waals surface area contributed by atoms with Crippen molar-refractivity contribution in [1.82, 2.24) is 15.3 Å². The van der Waals surface area contributed by atoms with Gasteiger partial charge in [0.2, 0.25) is 0 Å². The maximum atomic E-state index is 10.7. The predicted octanol–water partition coefficient (Wildman–Crippen LogP) is 5.58. The number of nitrogens with one attached hydrogen (secondary N) is 1. The van der Waals surface area contributed by atoms with E-state index in [4.69, 9.17) is 0 Å². The Morgan fingerprint density at radius 1 is 0.900 bits per heavy atom. The van der Waals surface area contributed by atoms with Gasteiger partial charge in [-0.25, -0.2) is 0 Å². The van der Waals surface area contributed by atoms with Gasteiger partial charge in [0, 0.05) is 17.5 Å². The Morgan fingerprint density at radius 3 is 2.37 bits per heavy atom. The molecule has 3 aromatic carbocycles. The number of piperidine rings is 1. The number of fused-ring (bicyclic) bond motifs is 1. The van der Waals surface area contributed by atoms with Crippen LogP contribution in [0.25, 0.3) is 22.0 Å². The topological polar surface area (TPSA) is 50.1 Å². The monoisotopic (exact) mass is 463 g/mol. The van der Waals surface area contributed by atoms with Crippen molar-refractivity contribution in [1.29, 1.82) is 0 Å². The van der Waals surface area contributed by atoms with E-state index >= 15 is 0 Å². The van der Waals surface area contributed by atoms with Gasteiger partial charge in [0.1, 0.15) is 5.69 Å². The lowest BCUT2D eigenvalue weighted by Crippen LogP contribution is -2.27. The van der Waals surface area contributed by atoms with Crippen LogP contribution in [0.3, 0.4) is 0 Å². The summed E-state index contributed by atoms with van der Waals surface area (Å²) in [5, 5.41) is 21.3. The van der Waals surface area contributed by atoms with Crippen LogP contribution in [0.15, 0.2) is 72.8 Å². The first-order valence-electron chi connectivity index (χ1n) is 10.3. The highest BCUT2D eigenvalue weighted by Gasteiger charge is 2.27. The zero-order valence-corrected chi connectivity index (χ0v) is 18.5. The van der Waals surface area contributed by atoms with Gasteiger partial charge in [-0.3, -0.25) is 0 Å². The fourth-order valence-corrected chi connectivity index (χ4v) is 4.54. The maximum absolute atomic E-state index is 10.7. The second-order valence-corrected chi connectivity index (χ2v) is 7.85. The number of rotatable bonds is 4. The summed E-state index contributed by atoms with van der Waals surface area (Å²) in [6.07, 6.45) is 2.85. The van der Waals surface area contributed by atoms with Gasteiger partial charge in [-0.1, -0.05) is 72.8 Å². The fourth-order valence-electron chi connectivity index (χ4n) is 4.54. The van der Waals surface area contributed by atoms with E-state index in [0.717, 1.165) is 54.1 Å². The Kier molecular flexibility index (Phi) is 6.21. The molecule has 1 fully saturated rings. The number of halogens is 1. The smallest absolute Gasteiger partial charge is 0.113 e. The minimum atomic E-state index is 0. The molecule has 0 unspecified atom stereocenters. The van der Waals surface area contributed by atoms with Crippen LogP contribution in [0, 0.1) is 0 Å². The summed E-state index contributed by atoms with van der Waals surface area (Å²) in [7, 11) is 0. The van der Waals surface area contributed by atoms with Gasteiger partial charge in [0.25, 0.3) is 0 Å². The van der Waals surface area contributed by atoms with Crippen LogP contribution in [0.5, 0.6) is 0 Å². The molecule has 5 heteroatoms. The van der Waals surface area contributed by atoms with Gasteiger partial charge in [0.05, 0.1) is 5.69 Å². The summed E-state index contributed by atoms with van der Waals surface area (Å²) in [5.74, 6) is 0.405. The summed E-state index contributed by atoms with van der Waals surface area (Å²) in [4.78, 5) is 1.10. The van der Waals surface area contributed by atoms with E-state index in [9.17, 15) is 5.21 Å². The molecule has 2 N–H and O–H groups in total. The third kappa shape index (κ3) is 4.00. The fraction of sp³-hybridized carbons (Fsp3) is 0.240. The van der Waals surface area contributed by atoms with Crippen LogP contribution in [-0.2, 0) is 6.42 Å². The lowest BCUT2D eigenvalue weighted by atomic mass is 9.85. The van der Waals surface area contributed by atoms with Crippen LogP contribution in [0.2, 0.25) is 0 Å². The third-order valence-electron chi connectivity index (χ3n) is 5.96. The van der Waals surface area contributed by atoms with Crippen molar-refractivity contribution in [3.63, 3.8) is 0 Å². The van der Waals surface area contributed by atoms with E-state index in [1.54, 1.807) is 0 Å². The normalized spacial score (nSPS) is 14.5. The molecule has 154 valence electrons. The van der Waals surface area contributed by atoms with Crippen LogP contribution in [0.4, 0.5) is 0 Å². The quantitative estimate of drug-likeness (QED) is 0.388. The molecule has 1 saturated heterocycles. The molecule has 2 heterocycles. The van der Waals surface area contributed by atoms with Crippen LogP contribution in [0.1, 0.15) is 35.6 Å². The van der Waals surface area contributed by atoms with Crippen molar-refractivity contribution in [2.75, 3.05) is 13.1 Å². The molecule has 1 aliphatic heterocycles. The van der Waals surface area contributed by atoms with E-state index in [0.29, 0.717) is 5.92 Å². The summed E-state index contributed by atoms with van der Waals surface area (Å²) < 4.78 is 0. The Balaban J connectivity index is 0.00000218. The van der Waals surface area contributed by atoms with E-state index < -0.39 is 0 Å². The van der Waals surface area contributed by atoms with Gasteiger partial charge in [-0.05, 0) is 48.2 Å². The Bertz CT molecular complexity index is 1130. The largest absolute Gasteiger partial charge is 0.411 e. The van der Waals surface area contributed by atoms with Gasteiger partial charge < -0.3 is 10.5 Å². The van der Waals surface area contributed by atoms with Crippen molar-refractivity contribution in [2.45, 2.75) is 25.2 Å². The van der Waals surface area contributed by atoms with Gasteiger partial charge >= 0.3 is 0 Å². The molecule has 1 aliphatic rings. The lowest BCUT2D eigenvalue weighted by Gasteiger charge is -2.24. The molecule has 0 spiro atoms. The summed E-state index contributed by atoms with van der Waals surface area (Å²) in [6.45, 7) is 2.01. The minimum Gasteiger partial charge on any atom is -0.411 e. The minimum absolute atomic E-state index is 0. The molecule has 4 nitrogen and oxygen atoms in total. The number of hydrogen-bond acceptors (Lipinski definition) is 3. The first kappa shape index (κ1) is 20.6. The molecule has 4 aromatic rings. The van der Waals surface area contributed by atoms with E-state index in [-0.39, 0.29) is 17.0 Å². The number of hydrogen-bond donors (Lipinski definition) is 2. The molecule has 0 radical (unpaired) electrons. The Labute approximate surface area is 187 Å². The van der Waals surface area contributed by atoms with Crippen molar-refractivity contribution >= 4 is 27.8 Å². The van der Waals surface area contributed by atoms with Crippen LogP contribution < -0.4 is 5.32 Å². The second kappa shape index (κ2) is 9.02. The van der Waals surface area contributed by atoms with E-state index in [1.807, 2.05) is 30.3 Å². The molecule has 0 saturated carbocycles. The van der Waals surface area contributed by atoms with Gasteiger partial charge in [0.15, 0.2) is 0 Å². The zero-order valence-electron chi connectivity index (χ0n) is 16.8. The molecule has 0 atom stereocenters. The molecular weight excluding hydrogens is 438 g/mol.